The van der Waals surface area contributed by atoms with Crippen LogP contribution in [0.25, 0.3) is 5.69 Å². The number of carboxylic acid groups (broad SMARTS) is 1. The van der Waals surface area contributed by atoms with E-state index in [0.717, 1.165) is 14.7 Å². The number of hydrogen-bond acceptors (Lipinski definition) is 9. The Kier molecular flexibility index (Phi) is 11.7. The van der Waals surface area contributed by atoms with Crippen LogP contribution in [-0.2, 0) is 34.9 Å². The molecule has 3 N–H and O–H groups in total. The van der Waals surface area contributed by atoms with E-state index < -0.39 is 84.5 Å². The molecular weight excluding hydrogens is 681 g/mol. The molecule has 2 aliphatic rings. The van der Waals surface area contributed by atoms with Gasteiger partial charge in [0.25, 0.3) is 5.91 Å². The number of hydrazine groups is 1. The summed E-state index contributed by atoms with van der Waals surface area (Å²) in [5, 5.41) is 20.0. The molecule has 1 aromatic carbocycles. The third-order valence-corrected chi connectivity index (χ3v) is 7.74. The van der Waals surface area contributed by atoms with Crippen LogP contribution in [0.15, 0.2) is 30.3 Å². The van der Waals surface area contributed by atoms with E-state index in [1.54, 1.807) is 0 Å². The number of amides is 4. The second-order valence-corrected chi connectivity index (χ2v) is 12.2. The monoisotopic (exact) mass is 714 g/mol. The van der Waals surface area contributed by atoms with E-state index in [1.807, 2.05) is 13.8 Å². The number of nitrogens with zero attached hydrogens (tertiary/aromatic N) is 4. The maximum absolute atomic E-state index is 13.6. The number of rotatable bonds is 12. The highest BCUT2D eigenvalue weighted by Crippen LogP contribution is 2.32. The van der Waals surface area contributed by atoms with Crippen LogP contribution < -0.4 is 15.4 Å². The summed E-state index contributed by atoms with van der Waals surface area (Å²) in [6, 6.07) is 1.71. The second kappa shape index (κ2) is 15.6. The maximum atomic E-state index is 13.6. The SMILES string of the molecule is CC(C)COC(=O)NC1CCC(=O)N2CCCC(C(=O)N[C@@H](CC(=O)O)C(=O)COc3cc(C(F)(F)F)nn3-c3ccc(Cl)cc3)N2C1=O. The molecule has 0 bridgehead atoms. The smallest absolute Gasteiger partial charge is 0.435 e. The number of carboxylic acids is 1. The molecule has 3 heterocycles. The van der Waals surface area contributed by atoms with Gasteiger partial charge >= 0.3 is 18.2 Å². The molecular formula is C30H34ClF3N6O9. The number of fused-ring (bicyclic) bond motifs is 1. The molecule has 49 heavy (non-hydrogen) atoms. The number of carbonyl (C=O) groups excluding carboxylic acids is 5. The second-order valence-electron chi connectivity index (χ2n) is 11.8. The van der Waals surface area contributed by atoms with Gasteiger partial charge in [0.05, 0.1) is 18.7 Å². The fourth-order valence-corrected chi connectivity index (χ4v) is 5.26. The molecule has 2 aliphatic heterocycles. The third-order valence-electron chi connectivity index (χ3n) is 7.49. The van der Waals surface area contributed by atoms with Crippen molar-refractivity contribution in [2.45, 2.75) is 70.3 Å². The molecule has 2 fully saturated rings. The van der Waals surface area contributed by atoms with Gasteiger partial charge < -0.3 is 25.2 Å². The molecule has 2 aromatic rings. The molecule has 3 atom stereocenters. The summed E-state index contributed by atoms with van der Waals surface area (Å²) in [6.07, 6.45) is -6.61. The van der Waals surface area contributed by atoms with Gasteiger partial charge in [-0.2, -0.15) is 18.3 Å². The fraction of sp³-hybridized carbons (Fsp3) is 0.500. The van der Waals surface area contributed by atoms with E-state index in [2.05, 4.69) is 15.7 Å². The minimum absolute atomic E-state index is 0.0117. The molecule has 0 aliphatic carbocycles. The summed E-state index contributed by atoms with van der Waals surface area (Å²) in [4.78, 5) is 77.4. The van der Waals surface area contributed by atoms with Crippen molar-refractivity contribution in [1.29, 1.82) is 0 Å². The van der Waals surface area contributed by atoms with Crippen molar-refractivity contribution in [1.82, 2.24) is 30.4 Å². The van der Waals surface area contributed by atoms with Gasteiger partial charge in [-0.3, -0.25) is 29.0 Å². The van der Waals surface area contributed by atoms with Crippen LogP contribution in [0.2, 0.25) is 5.02 Å². The van der Waals surface area contributed by atoms with Gasteiger partial charge in [0.1, 0.15) is 18.1 Å². The van der Waals surface area contributed by atoms with Crippen LogP contribution in [0.1, 0.15) is 51.6 Å². The highest BCUT2D eigenvalue weighted by Gasteiger charge is 2.45. The Bertz CT molecular complexity index is 1580. The van der Waals surface area contributed by atoms with Crippen molar-refractivity contribution >= 4 is 47.2 Å². The van der Waals surface area contributed by atoms with E-state index in [1.165, 1.54) is 24.3 Å². The number of alkyl halides is 3. The summed E-state index contributed by atoms with van der Waals surface area (Å²) < 4.78 is 51.7. The number of benzene rings is 1. The zero-order valence-electron chi connectivity index (χ0n) is 26.4. The first-order valence-electron chi connectivity index (χ1n) is 15.2. The van der Waals surface area contributed by atoms with Gasteiger partial charge in [-0.25, -0.2) is 14.5 Å². The molecule has 0 saturated carbocycles. The minimum atomic E-state index is -4.87. The Labute approximate surface area is 282 Å². The maximum Gasteiger partial charge on any atom is 0.435 e. The van der Waals surface area contributed by atoms with Crippen molar-refractivity contribution in [3.05, 3.63) is 41.0 Å². The van der Waals surface area contributed by atoms with Crippen LogP contribution in [0, 0.1) is 5.92 Å². The highest BCUT2D eigenvalue weighted by molar-refractivity contribution is 6.30. The quantitative estimate of drug-likeness (QED) is 0.295. The number of nitrogens with one attached hydrogen (secondary N) is 2. The van der Waals surface area contributed by atoms with Crippen molar-refractivity contribution < 1.29 is 56.5 Å². The lowest BCUT2D eigenvalue weighted by molar-refractivity contribution is -0.176. The lowest BCUT2D eigenvalue weighted by Gasteiger charge is -2.43. The number of aromatic nitrogens is 2. The van der Waals surface area contributed by atoms with Crippen molar-refractivity contribution in [3.63, 3.8) is 0 Å². The molecule has 0 spiro atoms. The van der Waals surface area contributed by atoms with Crippen LogP contribution >= 0.6 is 11.6 Å². The zero-order valence-corrected chi connectivity index (χ0v) is 27.1. The Balaban J connectivity index is 1.52. The predicted octanol–water partition coefficient (Wildman–Crippen LogP) is 2.73. The molecule has 1 aromatic heterocycles. The van der Waals surface area contributed by atoms with Crippen LogP contribution in [-0.4, -0.2) is 98.4 Å². The van der Waals surface area contributed by atoms with Crippen molar-refractivity contribution in [2.75, 3.05) is 19.8 Å². The average molecular weight is 715 g/mol. The molecule has 4 rings (SSSR count). The normalized spacial score (nSPS) is 18.8. The first-order chi connectivity index (χ1) is 23.0. The largest absolute Gasteiger partial charge is 0.481 e. The van der Waals surface area contributed by atoms with E-state index in [4.69, 9.17) is 21.1 Å². The first-order valence-corrected chi connectivity index (χ1v) is 15.6. The molecule has 2 unspecified atom stereocenters. The summed E-state index contributed by atoms with van der Waals surface area (Å²) in [7, 11) is 0. The zero-order chi connectivity index (χ0) is 36.0. The number of alkyl carbamates (subject to hydrolysis) is 1. The van der Waals surface area contributed by atoms with E-state index in [0.29, 0.717) is 11.1 Å². The molecule has 4 amide bonds. The number of ketones is 1. The van der Waals surface area contributed by atoms with Gasteiger partial charge in [0.15, 0.2) is 18.1 Å². The van der Waals surface area contributed by atoms with E-state index in [-0.39, 0.29) is 50.4 Å². The van der Waals surface area contributed by atoms with E-state index in [9.17, 15) is 47.0 Å². The van der Waals surface area contributed by atoms with Gasteiger partial charge in [0.2, 0.25) is 17.7 Å². The Morgan fingerprint density at radius 3 is 2.45 bits per heavy atom. The molecule has 0 radical (unpaired) electrons. The summed E-state index contributed by atoms with van der Waals surface area (Å²) in [6.45, 7) is 2.81. The topological polar surface area (TPSA) is 189 Å². The third kappa shape index (κ3) is 9.39. The molecule has 266 valence electrons. The number of carbonyl (C=O) groups is 6. The van der Waals surface area contributed by atoms with Gasteiger partial charge in [-0.15, -0.1) is 0 Å². The van der Waals surface area contributed by atoms with Crippen molar-refractivity contribution in [3.8, 4) is 11.6 Å². The van der Waals surface area contributed by atoms with Crippen LogP contribution in [0.5, 0.6) is 5.88 Å². The first kappa shape index (κ1) is 37.0. The lowest BCUT2D eigenvalue weighted by atomic mass is 10.0. The standard InChI is InChI=1S/C30H34ClF3N6O9/c1-16(2)14-49-29(47)36-19-9-10-24(42)38-11-3-4-21(40(38)28(19)46)27(45)35-20(12-26(43)44)22(41)15-48-25-13-23(30(32,33)34)37-39(25)18-7-5-17(31)6-8-18/h5-8,13,16,19-21H,3-4,9-12,14-15H2,1-2H3,(H,35,45)(H,36,47)(H,43,44)/t19?,20-,21?/m0/s1. The molecule has 2 saturated heterocycles. The van der Waals surface area contributed by atoms with Gasteiger partial charge in [0, 0.05) is 24.1 Å². The number of ether oxygens (including phenoxy) is 2. The summed E-state index contributed by atoms with van der Waals surface area (Å²) in [5.41, 5.74) is -1.22. The van der Waals surface area contributed by atoms with Crippen LogP contribution in [0.3, 0.4) is 0 Å². The number of aliphatic carboxylic acids is 1. The predicted molar refractivity (Wildman–Crippen MR) is 162 cm³/mol. The summed E-state index contributed by atoms with van der Waals surface area (Å²) >= 11 is 5.87. The summed E-state index contributed by atoms with van der Waals surface area (Å²) in [5.74, 6) is -5.27. The number of halogens is 4. The Morgan fingerprint density at radius 2 is 1.82 bits per heavy atom. The van der Waals surface area contributed by atoms with Gasteiger partial charge in [-0.1, -0.05) is 25.4 Å². The van der Waals surface area contributed by atoms with Gasteiger partial charge in [-0.05, 0) is 49.4 Å². The van der Waals surface area contributed by atoms with E-state index >= 15 is 0 Å². The van der Waals surface area contributed by atoms with Crippen LogP contribution in [0.4, 0.5) is 18.0 Å². The lowest BCUT2D eigenvalue weighted by Crippen LogP contribution is -2.64. The number of hydrogen-bond donors (Lipinski definition) is 3. The number of Topliss-reactive ketones (excluding diaryl/α,β-unsaturated/α-hetero) is 1. The minimum Gasteiger partial charge on any atom is -0.481 e. The Morgan fingerprint density at radius 1 is 1.12 bits per heavy atom. The molecule has 19 heteroatoms. The highest BCUT2D eigenvalue weighted by atomic mass is 35.5. The van der Waals surface area contributed by atoms with Crippen molar-refractivity contribution in [2.24, 2.45) is 5.92 Å². The molecule has 15 nitrogen and oxygen atoms in total. The average Bonchev–Trinajstić information content (AvgIpc) is 3.44. The fourth-order valence-electron chi connectivity index (χ4n) is 5.14. The Hall–Kier alpha value is -4.87.